The van der Waals surface area contributed by atoms with Gasteiger partial charge in [-0.05, 0) is 44.9 Å². The Morgan fingerprint density at radius 2 is 1.12 bits per heavy atom. The zero-order valence-corrected chi connectivity index (χ0v) is 37.7. The fourth-order valence-corrected chi connectivity index (χ4v) is 7.34. The number of rotatable bonds is 42. The van der Waals surface area contributed by atoms with Crippen LogP contribution < -0.4 is 5.73 Å². The Bertz CT molecular complexity index is 1210. The molecule has 0 aromatic heterocycles. The maximum atomic E-state index is 12.6. The van der Waals surface area contributed by atoms with Crippen LogP contribution in [-0.2, 0) is 42.2 Å². The van der Waals surface area contributed by atoms with Gasteiger partial charge in [-0.25, -0.2) is 4.57 Å². The zero-order valence-electron chi connectivity index (χ0n) is 36.8. The Hall–Kier alpha value is -2.34. The maximum Gasteiger partial charge on any atom is 0.472 e. The number of aliphatic carboxylic acids is 1. The van der Waals surface area contributed by atoms with Gasteiger partial charge < -0.3 is 29.9 Å². The number of ether oxygens (including phenoxy) is 3. The predicted molar refractivity (Wildman–Crippen MR) is 235 cm³/mol. The van der Waals surface area contributed by atoms with Gasteiger partial charge in [0.05, 0.1) is 25.4 Å². The van der Waals surface area contributed by atoms with E-state index in [-0.39, 0.29) is 19.4 Å². The van der Waals surface area contributed by atoms with Crippen molar-refractivity contribution in [1.82, 2.24) is 0 Å². The van der Waals surface area contributed by atoms with Crippen LogP contribution in [0.4, 0.5) is 0 Å². The highest BCUT2D eigenvalue weighted by Gasteiger charge is 2.36. The first-order valence-electron chi connectivity index (χ1n) is 23.1. The molecule has 1 aliphatic rings. The van der Waals surface area contributed by atoms with Crippen LogP contribution in [0, 0.1) is 0 Å². The van der Waals surface area contributed by atoms with Crippen molar-refractivity contribution in [3.05, 3.63) is 36.5 Å². The highest BCUT2D eigenvalue weighted by Crippen LogP contribution is 2.43. The number of carbonyl (C=O) groups excluding carboxylic acids is 2. The molecule has 342 valence electrons. The number of carboxylic acids is 1. The molecule has 0 aromatic rings. The molecule has 1 aliphatic heterocycles. The summed E-state index contributed by atoms with van der Waals surface area (Å²) in [4.78, 5) is 46.0. The molecule has 1 saturated heterocycles. The number of unbranched alkanes of at least 4 members (excludes halogenated alkanes) is 19. The third kappa shape index (κ3) is 35.0. The van der Waals surface area contributed by atoms with Gasteiger partial charge in [-0.1, -0.05) is 172 Å². The van der Waals surface area contributed by atoms with E-state index in [1.165, 1.54) is 109 Å². The van der Waals surface area contributed by atoms with E-state index >= 15 is 0 Å². The van der Waals surface area contributed by atoms with E-state index in [0.717, 1.165) is 38.5 Å². The first kappa shape index (κ1) is 54.7. The van der Waals surface area contributed by atoms with Crippen molar-refractivity contribution >= 4 is 25.7 Å². The normalized spacial score (nSPS) is 17.4. The van der Waals surface area contributed by atoms with Gasteiger partial charge in [-0.2, -0.15) is 0 Å². The Labute approximate surface area is 357 Å². The van der Waals surface area contributed by atoms with Gasteiger partial charge in [0, 0.05) is 12.8 Å². The van der Waals surface area contributed by atoms with Gasteiger partial charge in [0.15, 0.2) is 6.10 Å². The number of hydrogen-bond donors (Lipinski definition) is 3. The van der Waals surface area contributed by atoms with Crippen LogP contribution in [0.5, 0.6) is 0 Å². The van der Waals surface area contributed by atoms with Gasteiger partial charge in [0.2, 0.25) is 0 Å². The average molecular weight is 856 g/mol. The minimum Gasteiger partial charge on any atom is -0.480 e. The first-order chi connectivity index (χ1) is 28.6. The summed E-state index contributed by atoms with van der Waals surface area (Å²) in [5.74, 6) is -2.45. The lowest BCUT2D eigenvalue weighted by molar-refractivity contribution is -0.161. The summed E-state index contributed by atoms with van der Waals surface area (Å²) in [6, 6.07) is -1.53. The molecule has 13 heteroatoms. The quantitative estimate of drug-likeness (QED) is 0.0174. The van der Waals surface area contributed by atoms with Crippen molar-refractivity contribution in [2.24, 2.45) is 5.73 Å². The molecule has 0 aromatic carbocycles. The SMILES string of the molecule is CCCCCCCCCCCCCCCCCCCC(=O)O[C@H](COC(=O)CCC/C=C\C/C=C\C/C=C\CC1OC1CCCCC)COP(=O)(O)OC[C@H](N)C(=O)O. The van der Waals surface area contributed by atoms with Crippen molar-refractivity contribution in [1.29, 1.82) is 0 Å². The molecule has 0 saturated carbocycles. The number of phosphoric ester groups is 1. The topological polar surface area (TPSA) is 184 Å². The largest absolute Gasteiger partial charge is 0.480 e. The van der Waals surface area contributed by atoms with E-state index < -0.39 is 51.1 Å². The Kier molecular flexibility index (Phi) is 34.7. The lowest BCUT2D eigenvalue weighted by atomic mass is 10.0. The third-order valence-corrected chi connectivity index (χ3v) is 11.3. The molecule has 1 rings (SSSR count). The van der Waals surface area contributed by atoms with Crippen LogP contribution in [0.15, 0.2) is 36.5 Å². The summed E-state index contributed by atoms with van der Waals surface area (Å²) in [6.07, 6.45) is 42.4. The number of hydrogen-bond acceptors (Lipinski definition) is 10. The Morgan fingerprint density at radius 3 is 1.69 bits per heavy atom. The molecule has 5 atom stereocenters. The molecule has 3 unspecified atom stereocenters. The smallest absolute Gasteiger partial charge is 0.472 e. The van der Waals surface area contributed by atoms with Crippen LogP contribution in [0.2, 0.25) is 0 Å². The van der Waals surface area contributed by atoms with Crippen LogP contribution in [0.25, 0.3) is 0 Å². The van der Waals surface area contributed by atoms with Crippen molar-refractivity contribution < 1.29 is 52.2 Å². The molecule has 4 N–H and O–H groups in total. The standard InChI is InChI=1S/C46H82NO11P/c1-3-5-7-8-9-10-11-12-13-14-15-16-17-22-25-28-32-36-45(49)57-40(38-55-59(52,53)56-39-41(47)46(50)51)37-54-44(48)35-31-27-24-21-19-18-20-23-26-30-34-43-42(58-43)33-29-6-4-2/h18,20-21,24,26,30,40-43H,3-17,19,22-23,25,27-29,31-39,47H2,1-2H3,(H,50,51)(H,52,53)/b20-18-,24-21-,30-26-/t40-,41+,42?,43?/m1/s1. The Morgan fingerprint density at radius 1 is 0.627 bits per heavy atom. The van der Waals surface area contributed by atoms with Crippen LogP contribution >= 0.6 is 7.82 Å². The molecule has 0 radical (unpaired) electrons. The van der Waals surface area contributed by atoms with Gasteiger partial charge in [-0.3, -0.25) is 23.4 Å². The fourth-order valence-electron chi connectivity index (χ4n) is 6.56. The number of nitrogens with two attached hydrogens (primary N) is 1. The molecule has 59 heavy (non-hydrogen) atoms. The van der Waals surface area contributed by atoms with Crippen LogP contribution in [0.3, 0.4) is 0 Å². The second kappa shape index (κ2) is 37.4. The maximum absolute atomic E-state index is 12.6. The van der Waals surface area contributed by atoms with Gasteiger partial charge in [0.25, 0.3) is 0 Å². The van der Waals surface area contributed by atoms with E-state index in [2.05, 4.69) is 48.8 Å². The van der Waals surface area contributed by atoms with Gasteiger partial charge in [-0.15, -0.1) is 0 Å². The molecule has 0 spiro atoms. The second-order valence-corrected chi connectivity index (χ2v) is 17.4. The van der Waals surface area contributed by atoms with Gasteiger partial charge in [0.1, 0.15) is 12.6 Å². The fraction of sp³-hybridized carbons (Fsp3) is 0.804. The van der Waals surface area contributed by atoms with Crippen LogP contribution in [-0.4, -0.2) is 72.1 Å². The average Bonchev–Trinajstić information content (AvgIpc) is 3.97. The van der Waals surface area contributed by atoms with E-state index in [4.69, 9.17) is 29.6 Å². The number of epoxide rings is 1. The van der Waals surface area contributed by atoms with Crippen LogP contribution in [0.1, 0.15) is 194 Å². The number of esters is 2. The Balaban J connectivity index is 2.28. The summed E-state index contributed by atoms with van der Waals surface area (Å²) >= 11 is 0. The van der Waals surface area contributed by atoms with Crippen molar-refractivity contribution in [3.8, 4) is 0 Å². The van der Waals surface area contributed by atoms with Gasteiger partial charge >= 0.3 is 25.7 Å². The van der Waals surface area contributed by atoms with E-state index in [9.17, 15) is 23.8 Å². The minimum absolute atomic E-state index is 0.143. The summed E-state index contributed by atoms with van der Waals surface area (Å²) in [5, 5.41) is 8.90. The number of allylic oxidation sites excluding steroid dienone is 5. The second-order valence-electron chi connectivity index (χ2n) is 15.9. The highest BCUT2D eigenvalue weighted by atomic mass is 31.2. The molecular weight excluding hydrogens is 773 g/mol. The van der Waals surface area contributed by atoms with E-state index in [0.29, 0.717) is 31.5 Å². The lowest BCUT2D eigenvalue weighted by Crippen LogP contribution is -2.34. The van der Waals surface area contributed by atoms with E-state index in [1.807, 2.05) is 6.08 Å². The predicted octanol–water partition coefficient (Wildman–Crippen LogP) is 11.4. The number of carboxylic acid groups (broad SMARTS) is 1. The van der Waals surface area contributed by atoms with Crippen molar-refractivity contribution in [2.45, 2.75) is 218 Å². The summed E-state index contributed by atoms with van der Waals surface area (Å²) < 4.78 is 38.4. The van der Waals surface area contributed by atoms with Crippen molar-refractivity contribution in [2.75, 3.05) is 19.8 Å². The zero-order chi connectivity index (χ0) is 43.2. The first-order valence-corrected chi connectivity index (χ1v) is 24.6. The lowest BCUT2D eigenvalue weighted by Gasteiger charge is -2.20. The summed E-state index contributed by atoms with van der Waals surface area (Å²) in [5.41, 5.74) is 5.34. The third-order valence-electron chi connectivity index (χ3n) is 10.3. The molecule has 1 heterocycles. The van der Waals surface area contributed by atoms with E-state index in [1.54, 1.807) is 0 Å². The number of phosphoric acid groups is 1. The highest BCUT2D eigenvalue weighted by molar-refractivity contribution is 7.47. The molecule has 0 amide bonds. The molecule has 0 bridgehead atoms. The molecule has 12 nitrogen and oxygen atoms in total. The summed E-state index contributed by atoms with van der Waals surface area (Å²) in [6.45, 7) is 2.73. The monoisotopic (exact) mass is 856 g/mol. The molecule has 1 fully saturated rings. The van der Waals surface area contributed by atoms with Crippen molar-refractivity contribution in [3.63, 3.8) is 0 Å². The number of carbonyl (C=O) groups is 3. The molecule has 0 aliphatic carbocycles. The minimum atomic E-state index is -4.73. The summed E-state index contributed by atoms with van der Waals surface area (Å²) in [7, 11) is -4.73. The molecular formula is C46H82NO11P.